The van der Waals surface area contributed by atoms with Gasteiger partial charge in [0.25, 0.3) is 0 Å². The summed E-state index contributed by atoms with van der Waals surface area (Å²) >= 11 is 0. The average molecular weight is 389 g/mol. The standard InChI is InChI=1S/C28H24N2/c1-3-7-23(8-4-1)27-16-15-25(17-28(27)24-9-5-2-6-10-24)21-11-13-22(14-12-21)26-18-29-20-30-19-26/h1-18,29-30H,19-20H2. The molecule has 0 atom stereocenters. The second-order valence-electron chi connectivity index (χ2n) is 7.55. The summed E-state index contributed by atoms with van der Waals surface area (Å²) in [6, 6.07) is 36.9. The Kier molecular flexibility index (Phi) is 5.15. The fourth-order valence-corrected chi connectivity index (χ4v) is 4.01. The molecular formula is C28H24N2. The maximum absolute atomic E-state index is 3.35. The van der Waals surface area contributed by atoms with Crippen molar-refractivity contribution in [3.63, 3.8) is 0 Å². The van der Waals surface area contributed by atoms with E-state index in [9.17, 15) is 0 Å². The first-order valence-electron chi connectivity index (χ1n) is 10.4. The second-order valence-corrected chi connectivity index (χ2v) is 7.55. The van der Waals surface area contributed by atoms with Gasteiger partial charge in [0.15, 0.2) is 0 Å². The van der Waals surface area contributed by atoms with Crippen molar-refractivity contribution >= 4 is 5.57 Å². The summed E-state index contributed by atoms with van der Waals surface area (Å²) in [6.45, 7) is 1.73. The molecule has 0 radical (unpaired) electrons. The molecule has 146 valence electrons. The molecular weight excluding hydrogens is 364 g/mol. The monoisotopic (exact) mass is 388 g/mol. The first-order valence-corrected chi connectivity index (χ1v) is 10.4. The molecule has 4 aromatic carbocycles. The van der Waals surface area contributed by atoms with Crippen LogP contribution >= 0.6 is 0 Å². The van der Waals surface area contributed by atoms with Gasteiger partial charge in [-0.25, -0.2) is 0 Å². The van der Waals surface area contributed by atoms with Crippen LogP contribution < -0.4 is 10.6 Å². The first-order chi connectivity index (χ1) is 14.9. The Morgan fingerprint density at radius 2 is 1.10 bits per heavy atom. The normalized spacial score (nSPS) is 13.4. The number of rotatable bonds is 4. The maximum Gasteiger partial charge on any atom is 0.0650 e. The third kappa shape index (κ3) is 3.78. The van der Waals surface area contributed by atoms with E-state index in [1.165, 1.54) is 44.5 Å². The molecule has 0 aromatic heterocycles. The van der Waals surface area contributed by atoms with Crippen LogP contribution in [0.1, 0.15) is 5.56 Å². The van der Waals surface area contributed by atoms with Crippen molar-refractivity contribution in [3.8, 4) is 33.4 Å². The quantitative estimate of drug-likeness (QED) is 0.436. The summed E-state index contributed by atoms with van der Waals surface area (Å²) in [5.74, 6) is 0. The molecule has 2 heteroatoms. The van der Waals surface area contributed by atoms with Crippen molar-refractivity contribution < 1.29 is 0 Å². The minimum absolute atomic E-state index is 0.831. The Bertz CT molecular complexity index is 1160. The number of benzene rings is 4. The molecule has 30 heavy (non-hydrogen) atoms. The predicted octanol–water partition coefficient (Wildman–Crippen LogP) is 6.18. The van der Waals surface area contributed by atoms with E-state index >= 15 is 0 Å². The van der Waals surface area contributed by atoms with E-state index in [0.29, 0.717) is 0 Å². The molecule has 1 aliphatic heterocycles. The molecule has 0 saturated heterocycles. The summed E-state index contributed by atoms with van der Waals surface area (Å²) in [7, 11) is 0. The van der Waals surface area contributed by atoms with E-state index < -0.39 is 0 Å². The van der Waals surface area contributed by atoms with Crippen molar-refractivity contribution in [1.82, 2.24) is 10.6 Å². The Morgan fingerprint density at radius 1 is 0.500 bits per heavy atom. The lowest BCUT2D eigenvalue weighted by molar-refractivity contribution is 0.678. The van der Waals surface area contributed by atoms with Crippen molar-refractivity contribution in [2.45, 2.75) is 0 Å². The Hall–Kier alpha value is -3.62. The zero-order valence-corrected chi connectivity index (χ0v) is 16.8. The number of hydrogen-bond donors (Lipinski definition) is 2. The molecule has 4 aromatic rings. The summed E-state index contributed by atoms with van der Waals surface area (Å²) in [5.41, 5.74) is 9.99. The molecule has 1 heterocycles. The van der Waals surface area contributed by atoms with Gasteiger partial charge in [-0.1, -0.05) is 97.1 Å². The molecule has 0 saturated carbocycles. The van der Waals surface area contributed by atoms with Gasteiger partial charge in [0.1, 0.15) is 0 Å². The highest BCUT2D eigenvalue weighted by Crippen LogP contribution is 2.35. The average Bonchev–Trinajstić information content (AvgIpc) is 2.85. The van der Waals surface area contributed by atoms with E-state index in [-0.39, 0.29) is 0 Å². The van der Waals surface area contributed by atoms with Crippen molar-refractivity contribution in [2.24, 2.45) is 0 Å². The molecule has 2 N–H and O–H groups in total. The van der Waals surface area contributed by atoms with Crippen LogP contribution in [0.5, 0.6) is 0 Å². The lowest BCUT2D eigenvalue weighted by Gasteiger charge is -2.16. The smallest absolute Gasteiger partial charge is 0.0650 e. The van der Waals surface area contributed by atoms with Gasteiger partial charge in [-0.2, -0.15) is 0 Å². The summed E-state index contributed by atoms with van der Waals surface area (Å²) in [6.07, 6.45) is 2.10. The Balaban J connectivity index is 1.56. The SMILES string of the molecule is C1=C(c2ccc(-c3ccc(-c4ccccc4)c(-c4ccccc4)c3)cc2)CNCN1. The van der Waals surface area contributed by atoms with Crippen LogP contribution in [0, 0.1) is 0 Å². The van der Waals surface area contributed by atoms with Crippen molar-refractivity contribution in [1.29, 1.82) is 0 Å². The topological polar surface area (TPSA) is 24.1 Å². The molecule has 2 nitrogen and oxygen atoms in total. The third-order valence-corrected chi connectivity index (χ3v) is 5.60. The van der Waals surface area contributed by atoms with Crippen molar-refractivity contribution in [3.05, 3.63) is 115 Å². The summed E-state index contributed by atoms with van der Waals surface area (Å²) < 4.78 is 0. The lowest BCUT2D eigenvalue weighted by Crippen LogP contribution is -2.31. The van der Waals surface area contributed by atoms with Crippen LogP contribution in [0.2, 0.25) is 0 Å². The van der Waals surface area contributed by atoms with Gasteiger partial charge in [0, 0.05) is 12.7 Å². The van der Waals surface area contributed by atoms with Crippen LogP contribution in [0.15, 0.2) is 109 Å². The molecule has 0 fully saturated rings. The Morgan fingerprint density at radius 3 is 1.73 bits per heavy atom. The van der Waals surface area contributed by atoms with E-state index in [0.717, 1.165) is 13.2 Å². The van der Waals surface area contributed by atoms with Crippen LogP contribution in [-0.2, 0) is 0 Å². The van der Waals surface area contributed by atoms with E-state index in [1.54, 1.807) is 0 Å². The highest BCUT2D eigenvalue weighted by molar-refractivity contribution is 5.87. The van der Waals surface area contributed by atoms with E-state index in [1.807, 2.05) is 0 Å². The second kappa shape index (κ2) is 8.40. The van der Waals surface area contributed by atoms with Gasteiger partial charge in [0.05, 0.1) is 6.67 Å². The predicted molar refractivity (Wildman–Crippen MR) is 127 cm³/mol. The number of nitrogens with one attached hydrogen (secondary N) is 2. The highest BCUT2D eigenvalue weighted by atomic mass is 15.1. The van der Waals surface area contributed by atoms with Crippen molar-refractivity contribution in [2.75, 3.05) is 13.2 Å². The van der Waals surface area contributed by atoms with Gasteiger partial charge >= 0.3 is 0 Å². The van der Waals surface area contributed by atoms with Gasteiger partial charge in [-0.15, -0.1) is 0 Å². The van der Waals surface area contributed by atoms with Gasteiger partial charge in [0.2, 0.25) is 0 Å². The van der Waals surface area contributed by atoms with E-state index in [2.05, 4.69) is 120 Å². The molecule has 0 unspecified atom stereocenters. The number of hydrogen-bond acceptors (Lipinski definition) is 2. The first kappa shape index (κ1) is 18.4. The lowest BCUT2D eigenvalue weighted by atomic mass is 9.91. The molecule has 0 bridgehead atoms. The van der Waals surface area contributed by atoms with Crippen LogP contribution in [0.25, 0.3) is 39.0 Å². The molecule has 0 spiro atoms. The summed E-state index contributed by atoms with van der Waals surface area (Å²) in [5, 5.41) is 6.60. The van der Waals surface area contributed by atoms with E-state index in [4.69, 9.17) is 0 Å². The molecule has 0 aliphatic carbocycles. The van der Waals surface area contributed by atoms with Crippen LogP contribution in [0.4, 0.5) is 0 Å². The third-order valence-electron chi connectivity index (χ3n) is 5.60. The molecule has 0 amide bonds. The van der Waals surface area contributed by atoms with Gasteiger partial charge in [-0.3, -0.25) is 5.32 Å². The fourth-order valence-electron chi connectivity index (χ4n) is 4.01. The minimum atomic E-state index is 0.831. The zero-order valence-electron chi connectivity index (χ0n) is 16.8. The highest BCUT2D eigenvalue weighted by Gasteiger charge is 2.10. The molecule has 1 aliphatic rings. The zero-order chi connectivity index (χ0) is 20.2. The fraction of sp³-hybridized carbons (Fsp3) is 0.0714. The largest absolute Gasteiger partial charge is 0.378 e. The Labute approximate surface area is 177 Å². The molecule has 5 rings (SSSR count). The van der Waals surface area contributed by atoms with Gasteiger partial charge in [-0.05, 0) is 50.6 Å². The van der Waals surface area contributed by atoms with Crippen LogP contribution in [-0.4, -0.2) is 13.2 Å². The maximum atomic E-state index is 3.35. The summed E-state index contributed by atoms with van der Waals surface area (Å²) in [4.78, 5) is 0. The van der Waals surface area contributed by atoms with Gasteiger partial charge < -0.3 is 5.32 Å². The minimum Gasteiger partial charge on any atom is -0.378 e. The van der Waals surface area contributed by atoms with Crippen LogP contribution in [0.3, 0.4) is 0 Å².